The molecule has 104 valence electrons. The van der Waals surface area contributed by atoms with Crippen molar-refractivity contribution in [1.29, 1.82) is 0 Å². The Morgan fingerprint density at radius 2 is 2.30 bits per heavy atom. The summed E-state index contributed by atoms with van der Waals surface area (Å²) in [4.78, 5) is 28.6. The summed E-state index contributed by atoms with van der Waals surface area (Å²) in [5.41, 5.74) is 1.79. The van der Waals surface area contributed by atoms with Crippen molar-refractivity contribution >= 4 is 23.4 Å². The van der Waals surface area contributed by atoms with E-state index in [1.165, 1.54) is 22.5 Å². The molecule has 0 saturated heterocycles. The van der Waals surface area contributed by atoms with Gasteiger partial charge in [0.2, 0.25) is 0 Å². The molecule has 2 N–H and O–H groups in total. The van der Waals surface area contributed by atoms with Crippen LogP contribution in [-0.4, -0.2) is 31.4 Å². The van der Waals surface area contributed by atoms with Crippen molar-refractivity contribution in [3.8, 4) is 0 Å². The van der Waals surface area contributed by atoms with Crippen LogP contribution in [0.3, 0.4) is 0 Å². The Hall–Kier alpha value is -2.09. The van der Waals surface area contributed by atoms with Crippen LogP contribution in [0.1, 0.15) is 21.7 Å². The van der Waals surface area contributed by atoms with E-state index in [2.05, 4.69) is 20.5 Å². The number of rotatable bonds is 2. The standard InChI is InChI=1S/C12H13N5O2S/c1-6-9(7(2)16-15-6)14-10(18)8-5-13-12-17(11(8)19)3-4-20-12/h5H,3-4H2,1-2H3,(H,14,18)(H,15,16). The number of anilines is 1. The molecule has 1 aliphatic rings. The summed E-state index contributed by atoms with van der Waals surface area (Å²) in [5.74, 6) is 0.357. The van der Waals surface area contributed by atoms with Crippen LogP contribution >= 0.6 is 11.8 Å². The molecule has 1 aliphatic heterocycles. The highest BCUT2D eigenvalue weighted by molar-refractivity contribution is 7.99. The minimum Gasteiger partial charge on any atom is -0.319 e. The number of carbonyl (C=O) groups excluding carboxylic acids is 1. The Balaban J connectivity index is 1.94. The van der Waals surface area contributed by atoms with Gasteiger partial charge in [0.1, 0.15) is 5.56 Å². The molecule has 3 rings (SSSR count). The van der Waals surface area contributed by atoms with E-state index in [0.29, 0.717) is 23.1 Å². The monoisotopic (exact) mass is 291 g/mol. The van der Waals surface area contributed by atoms with Gasteiger partial charge in [0.05, 0.1) is 17.1 Å². The topological polar surface area (TPSA) is 92.7 Å². The average molecular weight is 291 g/mol. The lowest BCUT2D eigenvalue weighted by Gasteiger charge is -2.06. The molecular weight excluding hydrogens is 278 g/mol. The quantitative estimate of drug-likeness (QED) is 0.803. The van der Waals surface area contributed by atoms with Crippen molar-refractivity contribution in [1.82, 2.24) is 19.7 Å². The summed E-state index contributed by atoms with van der Waals surface area (Å²) in [6.45, 7) is 4.18. The van der Waals surface area contributed by atoms with E-state index in [-0.39, 0.29) is 11.1 Å². The van der Waals surface area contributed by atoms with Gasteiger partial charge in [0, 0.05) is 18.5 Å². The first kappa shape index (κ1) is 12.9. The number of hydrogen-bond acceptors (Lipinski definition) is 5. The number of fused-ring (bicyclic) bond motifs is 1. The maximum atomic E-state index is 12.2. The molecule has 1 amide bonds. The van der Waals surface area contributed by atoms with Gasteiger partial charge in [0.15, 0.2) is 5.16 Å². The minimum absolute atomic E-state index is 0.0521. The van der Waals surface area contributed by atoms with Crippen molar-refractivity contribution in [3.63, 3.8) is 0 Å². The molecule has 3 heterocycles. The molecule has 0 saturated carbocycles. The highest BCUT2D eigenvalue weighted by atomic mass is 32.2. The van der Waals surface area contributed by atoms with Gasteiger partial charge < -0.3 is 5.32 Å². The molecule has 0 bridgehead atoms. The number of hydrogen-bond donors (Lipinski definition) is 2. The summed E-state index contributed by atoms with van der Waals surface area (Å²) >= 11 is 1.52. The first-order valence-electron chi connectivity index (χ1n) is 6.13. The average Bonchev–Trinajstić information content (AvgIpc) is 3.01. The van der Waals surface area contributed by atoms with Crippen LogP contribution in [0.15, 0.2) is 16.1 Å². The zero-order valence-corrected chi connectivity index (χ0v) is 11.9. The zero-order valence-electron chi connectivity index (χ0n) is 11.1. The van der Waals surface area contributed by atoms with E-state index >= 15 is 0 Å². The Bertz CT molecular complexity index is 729. The van der Waals surface area contributed by atoms with Crippen LogP contribution in [0.2, 0.25) is 0 Å². The minimum atomic E-state index is -0.456. The maximum absolute atomic E-state index is 12.2. The predicted molar refractivity (Wildman–Crippen MR) is 75.2 cm³/mol. The van der Waals surface area contributed by atoms with Gasteiger partial charge >= 0.3 is 0 Å². The fraction of sp³-hybridized carbons (Fsp3) is 0.333. The van der Waals surface area contributed by atoms with Crippen molar-refractivity contribution in [2.75, 3.05) is 11.1 Å². The number of thioether (sulfide) groups is 1. The molecule has 2 aromatic rings. The third-order valence-corrected chi connectivity index (χ3v) is 4.14. The number of nitrogens with zero attached hydrogens (tertiary/aromatic N) is 3. The van der Waals surface area contributed by atoms with Crippen LogP contribution < -0.4 is 10.9 Å². The first-order valence-corrected chi connectivity index (χ1v) is 7.12. The Kier molecular flexibility index (Phi) is 3.09. The Labute approximate surface area is 118 Å². The number of carbonyl (C=O) groups is 1. The van der Waals surface area contributed by atoms with Crippen LogP contribution in [0, 0.1) is 13.8 Å². The van der Waals surface area contributed by atoms with Gasteiger partial charge in [-0.3, -0.25) is 19.3 Å². The molecule has 0 unspecified atom stereocenters. The van der Waals surface area contributed by atoms with E-state index in [1.807, 2.05) is 0 Å². The maximum Gasteiger partial charge on any atom is 0.267 e. The molecule has 0 spiro atoms. The van der Waals surface area contributed by atoms with Crippen LogP contribution in [0.25, 0.3) is 0 Å². The predicted octanol–water partition coefficient (Wildman–Crippen LogP) is 0.941. The summed E-state index contributed by atoms with van der Waals surface area (Å²) < 4.78 is 1.54. The highest BCUT2D eigenvalue weighted by Crippen LogP contribution is 2.21. The van der Waals surface area contributed by atoms with E-state index in [1.54, 1.807) is 13.8 Å². The lowest BCUT2D eigenvalue weighted by Crippen LogP contribution is -2.29. The molecule has 0 aliphatic carbocycles. The summed E-state index contributed by atoms with van der Waals surface area (Å²) in [5, 5.41) is 10.2. The SMILES string of the molecule is Cc1n[nH]c(C)c1NC(=O)c1cnc2n(c1=O)CCS2. The van der Waals surface area contributed by atoms with E-state index in [9.17, 15) is 9.59 Å². The Morgan fingerprint density at radius 1 is 1.50 bits per heavy atom. The highest BCUT2D eigenvalue weighted by Gasteiger charge is 2.21. The van der Waals surface area contributed by atoms with Crippen molar-refractivity contribution in [2.45, 2.75) is 25.5 Å². The third-order valence-electron chi connectivity index (χ3n) is 3.17. The van der Waals surface area contributed by atoms with E-state index in [0.717, 1.165) is 11.4 Å². The number of H-pyrrole nitrogens is 1. The summed E-state index contributed by atoms with van der Waals surface area (Å²) in [6.07, 6.45) is 1.34. The number of nitrogens with one attached hydrogen (secondary N) is 2. The smallest absolute Gasteiger partial charge is 0.267 e. The summed E-state index contributed by atoms with van der Waals surface area (Å²) in [6, 6.07) is 0. The number of aromatic amines is 1. The number of amides is 1. The molecule has 0 aromatic carbocycles. The lowest BCUT2D eigenvalue weighted by atomic mass is 10.2. The van der Waals surface area contributed by atoms with Crippen molar-refractivity contribution < 1.29 is 4.79 Å². The van der Waals surface area contributed by atoms with Crippen molar-refractivity contribution in [2.24, 2.45) is 0 Å². The van der Waals surface area contributed by atoms with E-state index in [4.69, 9.17) is 0 Å². The molecule has 7 nitrogen and oxygen atoms in total. The number of aryl methyl sites for hydroxylation is 2. The van der Waals surface area contributed by atoms with Crippen LogP contribution in [0.5, 0.6) is 0 Å². The van der Waals surface area contributed by atoms with Gasteiger partial charge in [-0.25, -0.2) is 4.98 Å². The first-order chi connectivity index (χ1) is 9.58. The second-order valence-electron chi connectivity index (χ2n) is 4.52. The molecule has 20 heavy (non-hydrogen) atoms. The fourth-order valence-corrected chi connectivity index (χ4v) is 3.00. The molecule has 8 heteroatoms. The molecular formula is C12H13N5O2S. The van der Waals surface area contributed by atoms with Gasteiger partial charge in [-0.05, 0) is 13.8 Å². The third kappa shape index (κ3) is 2.01. The van der Waals surface area contributed by atoms with E-state index < -0.39 is 5.91 Å². The summed E-state index contributed by atoms with van der Waals surface area (Å²) in [7, 11) is 0. The van der Waals surface area contributed by atoms with Crippen LogP contribution in [0.4, 0.5) is 5.69 Å². The van der Waals surface area contributed by atoms with Gasteiger partial charge in [0.25, 0.3) is 11.5 Å². The molecule has 0 atom stereocenters. The zero-order chi connectivity index (χ0) is 14.3. The molecule has 0 radical (unpaired) electrons. The molecule has 2 aromatic heterocycles. The fourth-order valence-electron chi connectivity index (χ4n) is 2.09. The van der Waals surface area contributed by atoms with Gasteiger partial charge in [-0.1, -0.05) is 11.8 Å². The Morgan fingerprint density at radius 3 is 3.00 bits per heavy atom. The van der Waals surface area contributed by atoms with Crippen molar-refractivity contribution in [3.05, 3.63) is 33.5 Å². The molecule has 0 fully saturated rings. The van der Waals surface area contributed by atoms with Gasteiger partial charge in [-0.2, -0.15) is 5.10 Å². The van der Waals surface area contributed by atoms with Crippen LogP contribution in [-0.2, 0) is 6.54 Å². The second-order valence-corrected chi connectivity index (χ2v) is 5.58. The van der Waals surface area contributed by atoms with Gasteiger partial charge in [-0.15, -0.1) is 0 Å². The second kappa shape index (κ2) is 4.78. The largest absolute Gasteiger partial charge is 0.319 e. The normalized spacial score (nSPS) is 13.3. The number of aromatic nitrogens is 4. The lowest BCUT2D eigenvalue weighted by molar-refractivity contribution is 0.102.